The Hall–Kier alpha value is -2.18. The Morgan fingerprint density at radius 2 is 2.05 bits per heavy atom. The summed E-state index contributed by atoms with van der Waals surface area (Å²) in [7, 11) is 0. The number of carbonyl (C=O) groups is 2. The Kier molecular flexibility index (Phi) is 5.23. The molecule has 116 valence electrons. The summed E-state index contributed by atoms with van der Waals surface area (Å²) in [6.07, 6.45) is 0.171. The van der Waals surface area contributed by atoms with Gasteiger partial charge in [0, 0.05) is 12.5 Å². The molecule has 1 unspecified atom stereocenters. The van der Waals surface area contributed by atoms with E-state index in [0.29, 0.717) is 6.20 Å². The fraction of sp³-hybridized carbons (Fsp3) is 0.500. The van der Waals surface area contributed by atoms with Gasteiger partial charge in [0.1, 0.15) is 5.60 Å². The number of nitrogens with zero attached hydrogens (tertiary/aromatic N) is 1. The normalized spacial score (nSPS) is 12.8. The minimum Gasteiger partial charge on any atom is -0.618 e. The molecule has 0 spiro atoms. The summed E-state index contributed by atoms with van der Waals surface area (Å²) < 4.78 is 18.2. The van der Waals surface area contributed by atoms with E-state index < -0.39 is 29.3 Å². The van der Waals surface area contributed by atoms with Gasteiger partial charge in [0.15, 0.2) is 11.5 Å². The summed E-state index contributed by atoms with van der Waals surface area (Å²) in [5.74, 6) is -3.70. The molecule has 1 atom stereocenters. The predicted octanol–water partition coefficient (Wildman–Crippen LogP) is 1.43. The standard InChI is InChI=1S/C14H18FNO5/c1-14(2,3)21-12(17)7-9(13(18)19)6-11-5-4-10(15)8-16(11)20/h4-5,8-9H,6-7H2,1-3H3,(H,18,19). The van der Waals surface area contributed by atoms with E-state index in [1.807, 2.05) is 0 Å². The molecule has 0 aliphatic rings. The second-order valence-electron chi connectivity index (χ2n) is 5.69. The first-order valence-electron chi connectivity index (χ1n) is 6.41. The third-order valence-corrected chi connectivity index (χ3v) is 2.60. The summed E-state index contributed by atoms with van der Waals surface area (Å²) in [5, 5.41) is 20.6. The number of carbonyl (C=O) groups excluding carboxylic acids is 1. The van der Waals surface area contributed by atoms with E-state index in [1.165, 1.54) is 6.07 Å². The number of esters is 1. The fourth-order valence-corrected chi connectivity index (χ4v) is 1.73. The van der Waals surface area contributed by atoms with Gasteiger partial charge in [-0.15, -0.1) is 0 Å². The molecule has 0 bridgehead atoms. The van der Waals surface area contributed by atoms with E-state index in [2.05, 4.69) is 0 Å². The van der Waals surface area contributed by atoms with Crippen LogP contribution in [0.15, 0.2) is 18.3 Å². The van der Waals surface area contributed by atoms with Crippen molar-refractivity contribution in [3.05, 3.63) is 35.0 Å². The van der Waals surface area contributed by atoms with Gasteiger partial charge in [0.2, 0.25) is 6.20 Å². The van der Waals surface area contributed by atoms with Crippen LogP contribution in [0.2, 0.25) is 0 Å². The molecule has 0 aliphatic heterocycles. The van der Waals surface area contributed by atoms with Crippen molar-refractivity contribution in [2.24, 2.45) is 5.92 Å². The highest BCUT2D eigenvalue weighted by Gasteiger charge is 2.27. The van der Waals surface area contributed by atoms with Crippen LogP contribution in [0, 0.1) is 16.9 Å². The van der Waals surface area contributed by atoms with Crippen LogP contribution in [0.1, 0.15) is 32.9 Å². The quantitative estimate of drug-likeness (QED) is 0.504. The SMILES string of the molecule is CC(C)(C)OC(=O)CC(Cc1ccc(F)c[n+]1[O-])C(=O)O. The number of aromatic nitrogens is 1. The summed E-state index contributed by atoms with van der Waals surface area (Å²) in [6, 6.07) is 2.27. The Balaban J connectivity index is 2.79. The molecule has 0 aromatic carbocycles. The van der Waals surface area contributed by atoms with Crippen LogP contribution in [0.3, 0.4) is 0 Å². The van der Waals surface area contributed by atoms with Crippen LogP contribution in [0.25, 0.3) is 0 Å². The lowest BCUT2D eigenvalue weighted by molar-refractivity contribution is -0.616. The zero-order valence-corrected chi connectivity index (χ0v) is 12.1. The van der Waals surface area contributed by atoms with Crippen molar-refractivity contribution < 1.29 is 28.6 Å². The number of ether oxygens (including phenoxy) is 1. The topological polar surface area (TPSA) is 90.5 Å². The maximum absolute atomic E-state index is 12.8. The average Bonchev–Trinajstić information content (AvgIpc) is 2.28. The zero-order chi connectivity index (χ0) is 16.2. The van der Waals surface area contributed by atoms with Crippen LogP contribution < -0.4 is 4.73 Å². The Bertz CT molecular complexity index is 539. The second kappa shape index (κ2) is 6.51. The lowest BCUT2D eigenvalue weighted by atomic mass is 9.99. The molecule has 1 heterocycles. The Labute approximate surface area is 121 Å². The maximum Gasteiger partial charge on any atom is 0.307 e. The third-order valence-electron chi connectivity index (χ3n) is 2.60. The van der Waals surface area contributed by atoms with Crippen LogP contribution in [-0.4, -0.2) is 22.6 Å². The number of hydrogen-bond acceptors (Lipinski definition) is 4. The molecule has 0 aliphatic carbocycles. The van der Waals surface area contributed by atoms with E-state index >= 15 is 0 Å². The first kappa shape index (κ1) is 16.9. The molecule has 0 amide bonds. The van der Waals surface area contributed by atoms with Gasteiger partial charge in [-0.25, -0.2) is 4.39 Å². The molecule has 7 heteroatoms. The van der Waals surface area contributed by atoms with Crippen molar-refractivity contribution in [2.45, 2.75) is 39.2 Å². The summed E-state index contributed by atoms with van der Waals surface area (Å²) >= 11 is 0. The highest BCUT2D eigenvalue weighted by atomic mass is 19.1. The molecule has 1 rings (SSSR count). The molecule has 0 fully saturated rings. The lowest BCUT2D eigenvalue weighted by Crippen LogP contribution is -2.35. The number of carboxylic acids is 1. The summed E-state index contributed by atoms with van der Waals surface area (Å²) in [4.78, 5) is 22.9. The van der Waals surface area contributed by atoms with Gasteiger partial charge < -0.3 is 15.1 Å². The van der Waals surface area contributed by atoms with Crippen molar-refractivity contribution in [2.75, 3.05) is 0 Å². The number of aliphatic carboxylic acids is 1. The average molecular weight is 299 g/mol. The largest absolute Gasteiger partial charge is 0.618 e. The van der Waals surface area contributed by atoms with Crippen molar-refractivity contribution >= 4 is 11.9 Å². The number of hydrogen-bond donors (Lipinski definition) is 1. The van der Waals surface area contributed by atoms with Crippen molar-refractivity contribution in [1.29, 1.82) is 0 Å². The first-order valence-corrected chi connectivity index (χ1v) is 6.41. The lowest BCUT2D eigenvalue weighted by Gasteiger charge is -2.20. The van der Waals surface area contributed by atoms with Crippen molar-refractivity contribution in [1.82, 2.24) is 0 Å². The third kappa shape index (κ3) is 5.76. The minimum atomic E-state index is -1.22. The maximum atomic E-state index is 12.8. The summed E-state index contributed by atoms with van der Waals surface area (Å²) in [5.41, 5.74) is -0.638. The van der Waals surface area contributed by atoms with Crippen LogP contribution >= 0.6 is 0 Å². The van der Waals surface area contributed by atoms with Gasteiger partial charge in [0.05, 0.1) is 12.3 Å². The summed E-state index contributed by atoms with van der Waals surface area (Å²) in [6.45, 7) is 5.02. The second-order valence-corrected chi connectivity index (χ2v) is 5.69. The molecule has 21 heavy (non-hydrogen) atoms. The van der Waals surface area contributed by atoms with E-state index in [1.54, 1.807) is 20.8 Å². The van der Waals surface area contributed by atoms with Gasteiger partial charge in [-0.3, -0.25) is 9.59 Å². The van der Waals surface area contributed by atoms with E-state index in [4.69, 9.17) is 9.84 Å². The molecule has 0 saturated carbocycles. The van der Waals surface area contributed by atoms with E-state index in [-0.39, 0.29) is 23.3 Å². The fourth-order valence-electron chi connectivity index (χ4n) is 1.73. The van der Waals surface area contributed by atoms with Gasteiger partial charge in [-0.05, 0) is 26.8 Å². The molecule has 6 nitrogen and oxygen atoms in total. The molecular formula is C14H18FNO5. The monoisotopic (exact) mass is 299 g/mol. The molecule has 1 N–H and O–H groups in total. The molecule has 0 saturated heterocycles. The van der Waals surface area contributed by atoms with Gasteiger partial charge in [-0.1, -0.05) is 0 Å². The number of pyridine rings is 1. The number of rotatable bonds is 5. The minimum absolute atomic E-state index is 0.0763. The van der Waals surface area contributed by atoms with Crippen LogP contribution in [-0.2, 0) is 20.7 Å². The van der Waals surface area contributed by atoms with Gasteiger partial charge in [-0.2, -0.15) is 4.73 Å². The molecular weight excluding hydrogens is 281 g/mol. The molecule has 1 aromatic heterocycles. The predicted molar refractivity (Wildman–Crippen MR) is 70.7 cm³/mol. The van der Waals surface area contributed by atoms with Crippen LogP contribution in [0.4, 0.5) is 4.39 Å². The molecule has 0 radical (unpaired) electrons. The van der Waals surface area contributed by atoms with Gasteiger partial charge in [0.25, 0.3) is 0 Å². The Morgan fingerprint density at radius 1 is 1.43 bits per heavy atom. The van der Waals surface area contributed by atoms with E-state index in [0.717, 1.165) is 6.07 Å². The number of halogens is 1. The van der Waals surface area contributed by atoms with E-state index in [9.17, 15) is 19.2 Å². The Morgan fingerprint density at radius 3 is 2.52 bits per heavy atom. The highest BCUT2D eigenvalue weighted by Crippen LogP contribution is 2.15. The van der Waals surface area contributed by atoms with Crippen molar-refractivity contribution in [3.8, 4) is 0 Å². The zero-order valence-electron chi connectivity index (χ0n) is 12.1. The molecule has 1 aromatic rings. The highest BCUT2D eigenvalue weighted by molar-refractivity contribution is 5.79. The first-order chi connectivity index (χ1) is 9.58. The smallest absolute Gasteiger partial charge is 0.307 e. The van der Waals surface area contributed by atoms with Gasteiger partial charge >= 0.3 is 11.9 Å². The van der Waals surface area contributed by atoms with Crippen LogP contribution in [0.5, 0.6) is 0 Å². The van der Waals surface area contributed by atoms with Crippen molar-refractivity contribution in [3.63, 3.8) is 0 Å². The number of carboxylic acid groups (broad SMARTS) is 1.